The van der Waals surface area contributed by atoms with Crippen molar-refractivity contribution in [1.29, 1.82) is 0 Å². The van der Waals surface area contributed by atoms with E-state index in [4.69, 9.17) is 10.3 Å². The Labute approximate surface area is 98.2 Å². The van der Waals surface area contributed by atoms with Crippen molar-refractivity contribution in [2.75, 3.05) is 5.73 Å². The van der Waals surface area contributed by atoms with E-state index >= 15 is 0 Å². The van der Waals surface area contributed by atoms with Crippen LogP contribution in [0.5, 0.6) is 0 Å². The predicted molar refractivity (Wildman–Crippen MR) is 60.3 cm³/mol. The second-order valence-corrected chi connectivity index (χ2v) is 4.92. The summed E-state index contributed by atoms with van der Waals surface area (Å²) < 4.78 is 30.5. The van der Waals surface area contributed by atoms with Gasteiger partial charge >= 0.3 is 0 Å². The molecule has 7 heteroatoms. The van der Waals surface area contributed by atoms with Gasteiger partial charge in [-0.2, -0.15) is 8.42 Å². The Balaban J connectivity index is 3.14. The number of ketones is 2. The van der Waals surface area contributed by atoms with Gasteiger partial charge in [0.25, 0.3) is 10.1 Å². The first-order valence-corrected chi connectivity index (χ1v) is 6.05. The van der Waals surface area contributed by atoms with Gasteiger partial charge < -0.3 is 5.73 Å². The lowest BCUT2D eigenvalue weighted by Gasteiger charge is -2.04. The summed E-state index contributed by atoms with van der Waals surface area (Å²) in [5, 5.41) is 0. The molecule has 0 aliphatic rings. The van der Waals surface area contributed by atoms with Gasteiger partial charge in [0.2, 0.25) is 0 Å². The SMILES string of the molecule is CC(=O)CC(=O)c1ccc(S(=O)(=O)O)c(N)c1. The third-order valence-electron chi connectivity index (χ3n) is 2.02. The first-order chi connectivity index (χ1) is 7.71. The molecule has 0 saturated carbocycles. The molecule has 3 N–H and O–H groups in total. The van der Waals surface area contributed by atoms with Gasteiger partial charge in [-0.1, -0.05) is 0 Å². The molecule has 0 fully saturated rings. The van der Waals surface area contributed by atoms with Crippen LogP contribution in [-0.2, 0) is 14.9 Å². The fourth-order valence-corrected chi connectivity index (χ4v) is 1.88. The summed E-state index contributed by atoms with van der Waals surface area (Å²) >= 11 is 0. The van der Waals surface area contributed by atoms with Crippen LogP contribution >= 0.6 is 0 Å². The Morgan fingerprint density at radius 1 is 1.35 bits per heavy atom. The average molecular weight is 257 g/mol. The molecule has 1 rings (SSSR count). The lowest BCUT2D eigenvalue weighted by atomic mass is 10.1. The highest BCUT2D eigenvalue weighted by Gasteiger charge is 2.16. The van der Waals surface area contributed by atoms with Gasteiger partial charge in [-0.05, 0) is 25.1 Å². The summed E-state index contributed by atoms with van der Waals surface area (Å²) in [7, 11) is -4.40. The van der Waals surface area contributed by atoms with E-state index in [1.54, 1.807) is 0 Å². The Hall–Kier alpha value is -1.73. The standard InChI is InChI=1S/C10H11NO5S/c1-6(12)4-9(13)7-2-3-10(8(11)5-7)17(14,15)16/h2-3,5H,4,11H2,1H3,(H,14,15,16). The van der Waals surface area contributed by atoms with Gasteiger partial charge in [-0.25, -0.2) is 0 Å². The summed E-state index contributed by atoms with van der Waals surface area (Å²) in [5.41, 5.74) is 5.30. The monoisotopic (exact) mass is 257 g/mol. The summed E-state index contributed by atoms with van der Waals surface area (Å²) in [6, 6.07) is 3.34. The van der Waals surface area contributed by atoms with E-state index in [1.165, 1.54) is 13.0 Å². The molecule has 0 spiro atoms. The molecule has 0 aromatic heterocycles. The maximum Gasteiger partial charge on any atom is 0.296 e. The maximum atomic E-state index is 11.5. The first-order valence-electron chi connectivity index (χ1n) is 4.61. The quantitative estimate of drug-likeness (QED) is 0.354. The van der Waals surface area contributed by atoms with Crippen LogP contribution in [0.4, 0.5) is 5.69 Å². The van der Waals surface area contributed by atoms with E-state index in [9.17, 15) is 18.0 Å². The van der Waals surface area contributed by atoms with E-state index in [0.29, 0.717) is 0 Å². The lowest BCUT2D eigenvalue weighted by Crippen LogP contribution is -2.08. The van der Waals surface area contributed by atoms with Gasteiger partial charge in [0.15, 0.2) is 5.78 Å². The van der Waals surface area contributed by atoms with Crippen LogP contribution in [0.1, 0.15) is 23.7 Å². The van der Waals surface area contributed by atoms with Crippen molar-refractivity contribution in [3.8, 4) is 0 Å². The Bertz CT molecular complexity index is 576. The van der Waals surface area contributed by atoms with Crippen molar-refractivity contribution in [3.05, 3.63) is 23.8 Å². The molecule has 92 valence electrons. The summed E-state index contributed by atoms with van der Waals surface area (Å²) in [5.74, 6) is -0.751. The van der Waals surface area contributed by atoms with Crippen molar-refractivity contribution in [2.45, 2.75) is 18.2 Å². The van der Waals surface area contributed by atoms with E-state index in [-0.39, 0.29) is 23.5 Å². The van der Waals surface area contributed by atoms with Crippen LogP contribution in [0.3, 0.4) is 0 Å². The minimum atomic E-state index is -4.40. The van der Waals surface area contributed by atoms with Gasteiger partial charge in [0.05, 0.1) is 12.1 Å². The Kier molecular flexibility index (Phi) is 3.64. The highest BCUT2D eigenvalue weighted by molar-refractivity contribution is 7.86. The molecule has 0 atom stereocenters. The molecule has 17 heavy (non-hydrogen) atoms. The zero-order valence-corrected chi connectivity index (χ0v) is 9.82. The van der Waals surface area contributed by atoms with Gasteiger partial charge in [-0.3, -0.25) is 14.1 Å². The normalized spacial score (nSPS) is 11.2. The third-order valence-corrected chi connectivity index (χ3v) is 2.95. The Morgan fingerprint density at radius 3 is 2.35 bits per heavy atom. The molecule has 0 bridgehead atoms. The topological polar surface area (TPSA) is 115 Å². The first kappa shape index (κ1) is 13.3. The minimum Gasteiger partial charge on any atom is -0.398 e. The zero-order valence-electron chi connectivity index (χ0n) is 9.00. The van der Waals surface area contributed by atoms with Gasteiger partial charge in [-0.15, -0.1) is 0 Å². The number of Topliss-reactive ketones (excluding diaryl/α,β-unsaturated/α-hetero) is 2. The van der Waals surface area contributed by atoms with Gasteiger partial charge in [0.1, 0.15) is 10.7 Å². The molecule has 1 aromatic carbocycles. The molecule has 0 radical (unpaired) electrons. The molecule has 0 aliphatic heterocycles. The van der Waals surface area contributed by atoms with Crippen molar-refractivity contribution >= 4 is 27.4 Å². The molecule has 6 nitrogen and oxygen atoms in total. The maximum absolute atomic E-state index is 11.5. The summed E-state index contributed by atoms with van der Waals surface area (Å²) in [6.45, 7) is 1.27. The van der Waals surface area contributed by atoms with Crippen LogP contribution in [-0.4, -0.2) is 24.5 Å². The molecule has 0 amide bonds. The van der Waals surface area contributed by atoms with Crippen LogP contribution in [0.25, 0.3) is 0 Å². The van der Waals surface area contributed by atoms with Crippen molar-refractivity contribution in [3.63, 3.8) is 0 Å². The van der Waals surface area contributed by atoms with Gasteiger partial charge in [0, 0.05) is 5.56 Å². The highest BCUT2D eigenvalue weighted by Crippen LogP contribution is 2.20. The molecule has 0 unspecified atom stereocenters. The number of carbonyl (C=O) groups is 2. The summed E-state index contributed by atoms with van der Waals surface area (Å²) in [4.78, 5) is 21.8. The number of benzene rings is 1. The Morgan fingerprint density at radius 2 is 1.94 bits per heavy atom. The molecular weight excluding hydrogens is 246 g/mol. The van der Waals surface area contributed by atoms with E-state index in [0.717, 1.165) is 12.1 Å². The molecule has 0 saturated heterocycles. The second-order valence-electron chi connectivity index (χ2n) is 3.53. The largest absolute Gasteiger partial charge is 0.398 e. The van der Waals surface area contributed by atoms with Crippen LogP contribution < -0.4 is 5.73 Å². The highest BCUT2D eigenvalue weighted by atomic mass is 32.2. The van der Waals surface area contributed by atoms with Crippen LogP contribution in [0.15, 0.2) is 23.1 Å². The average Bonchev–Trinajstić information content (AvgIpc) is 2.14. The number of nitrogens with two attached hydrogens (primary N) is 1. The number of hydrogen-bond acceptors (Lipinski definition) is 5. The zero-order chi connectivity index (χ0) is 13.2. The van der Waals surface area contributed by atoms with E-state index < -0.39 is 20.8 Å². The molecule has 1 aromatic rings. The molecule has 0 aliphatic carbocycles. The van der Waals surface area contributed by atoms with Crippen LogP contribution in [0, 0.1) is 0 Å². The van der Waals surface area contributed by atoms with E-state index in [2.05, 4.69) is 0 Å². The van der Waals surface area contributed by atoms with E-state index in [1.807, 2.05) is 0 Å². The number of rotatable bonds is 4. The number of carbonyl (C=O) groups excluding carboxylic acids is 2. The number of anilines is 1. The van der Waals surface area contributed by atoms with Crippen molar-refractivity contribution in [1.82, 2.24) is 0 Å². The fraction of sp³-hybridized carbons (Fsp3) is 0.200. The number of nitrogen functional groups attached to an aromatic ring is 1. The van der Waals surface area contributed by atoms with Crippen LogP contribution in [0.2, 0.25) is 0 Å². The molecular formula is C10H11NO5S. The lowest BCUT2D eigenvalue weighted by molar-refractivity contribution is -0.116. The predicted octanol–water partition coefficient (Wildman–Crippen LogP) is 0.677. The van der Waals surface area contributed by atoms with Crippen molar-refractivity contribution in [2.24, 2.45) is 0 Å². The molecule has 0 heterocycles. The minimum absolute atomic E-state index is 0.130. The van der Waals surface area contributed by atoms with Crippen molar-refractivity contribution < 1.29 is 22.6 Å². The third kappa shape index (κ3) is 3.36. The fourth-order valence-electron chi connectivity index (χ4n) is 1.28. The smallest absolute Gasteiger partial charge is 0.296 e. The summed E-state index contributed by atoms with van der Waals surface area (Å²) in [6.07, 6.45) is -0.273. The number of hydrogen-bond donors (Lipinski definition) is 2. The second kappa shape index (κ2) is 4.64.